The van der Waals surface area contributed by atoms with Gasteiger partial charge in [0, 0.05) is 68.2 Å². The number of hydrogen-bond acceptors (Lipinski definition) is 5. The van der Waals surface area contributed by atoms with Gasteiger partial charge in [0.1, 0.15) is 0 Å². The van der Waals surface area contributed by atoms with Crippen LogP contribution in [0.1, 0.15) is 6.42 Å². The molecule has 5 rings (SSSR count). The van der Waals surface area contributed by atoms with Crippen LogP contribution >= 0.6 is 0 Å². The van der Waals surface area contributed by atoms with Crippen LogP contribution in [0.4, 0.5) is 5.69 Å². The molecule has 0 aliphatic carbocycles. The van der Waals surface area contributed by atoms with Crippen LogP contribution in [0.25, 0.3) is 10.8 Å². The monoisotopic (exact) mass is 338 g/mol. The molecule has 5 nitrogen and oxygen atoms in total. The number of benzene rings is 1. The van der Waals surface area contributed by atoms with E-state index in [-0.39, 0.29) is 0 Å². The predicted octanol–water partition coefficient (Wildman–Crippen LogP) is 1.74. The fourth-order valence-electron chi connectivity index (χ4n) is 4.55. The second-order valence-electron chi connectivity index (χ2n) is 7.91. The average Bonchev–Trinajstić information content (AvgIpc) is 3.07. The fraction of sp³-hybridized carbons (Fsp3) is 0.550. The van der Waals surface area contributed by atoms with Gasteiger partial charge in [0.05, 0.1) is 24.6 Å². The highest BCUT2D eigenvalue weighted by atomic mass is 16.5. The molecule has 5 heteroatoms. The summed E-state index contributed by atoms with van der Waals surface area (Å²) in [6.07, 6.45) is 5.63. The third-order valence-electron chi connectivity index (χ3n) is 6.11. The molecule has 0 amide bonds. The van der Waals surface area contributed by atoms with E-state index in [1.165, 1.54) is 22.9 Å². The Labute approximate surface area is 149 Å². The largest absolute Gasteiger partial charge is 0.376 e. The van der Waals surface area contributed by atoms with E-state index >= 15 is 0 Å². The van der Waals surface area contributed by atoms with E-state index in [1.807, 2.05) is 12.4 Å². The summed E-state index contributed by atoms with van der Waals surface area (Å²) in [6, 6.07) is 8.55. The molecular weight excluding hydrogens is 312 g/mol. The summed E-state index contributed by atoms with van der Waals surface area (Å²) in [7, 11) is 0. The van der Waals surface area contributed by atoms with Crippen molar-refractivity contribution in [2.75, 3.05) is 57.3 Å². The summed E-state index contributed by atoms with van der Waals surface area (Å²) in [5.41, 5.74) is 1.73. The van der Waals surface area contributed by atoms with Crippen molar-refractivity contribution >= 4 is 16.5 Å². The third kappa shape index (κ3) is 2.90. The molecule has 1 aromatic heterocycles. The molecule has 1 spiro atoms. The minimum atomic E-state index is 0.424. The van der Waals surface area contributed by atoms with E-state index < -0.39 is 0 Å². The van der Waals surface area contributed by atoms with E-state index in [1.54, 1.807) is 0 Å². The van der Waals surface area contributed by atoms with Crippen molar-refractivity contribution in [3.05, 3.63) is 36.7 Å². The molecule has 25 heavy (non-hydrogen) atoms. The average molecular weight is 338 g/mol. The Morgan fingerprint density at radius 3 is 2.72 bits per heavy atom. The minimum absolute atomic E-state index is 0.424. The number of piperazine rings is 1. The van der Waals surface area contributed by atoms with Gasteiger partial charge < -0.3 is 15.0 Å². The van der Waals surface area contributed by atoms with E-state index in [0.717, 1.165) is 52.4 Å². The first kappa shape index (κ1) is 15.6. The lowest BCUT2D eigenvalue weighted by Crippen LogP contribution is -2.54. The van der Waals surface area contributed by atoms with Gasteiger partial charge in [-0.15, -0.1) is 0 Å². The molecule has 0 radical (unpaired) electrons. The number of hydrogen-bond donors (Lipinski definition) is 1. The number of anilines is 1. The highest BCUT2D eigenvalue weighted by Gasteiger charge is 2.45. The lowest BCUT2D eigenvalue weighted by atomic mass is 9.80. The van der Waals surface area contributed by atoms with E-state index in [2.05, 4.69) is 44.4 Å². The summed E-state index contributed by atoms with van der Waals surface area (Å²) in [5, 5.41) is 5.93. The van der Waals surface area contributed by atoms with Crippen LogP contribution in [0.15, 0.2) is 36.7 Å². The van der Waals surface area contributed by atoms with E-state index in [9.17, 15) is 0 Å². The number of ether oxygens (including phenoxy) is 1. The molecule has 4 heterocycles. The molecule has 1 N–H and O–H groups in total. The first-order valence-electron chi connectivity index (χ1n) is 9.44. The van der Waals surface area contributed by atoms with Crippen molar-refractivity contribution in [3.8, 4) is 0 Å². The Morgan fingerprint density at radius 1 is 1.12 bits per heavy atom. The van der Waals surface area contributed by atoms with Crippen LogP contribution < -0.4 is 10.2 Å². The lowest BCUT2D eigenvalue weighted by molar-refractivity contribution is 0.0567. The molecule has 132 valence electrons. The van der Waals surface area contributed by atoms with Crippen LogP contribution in [-0.2, 0) is 4.74 Å². The number of nitrogens with zero attached hydrogens (tertiary/aromatic N) is 3. The fourth-order valence-corrected chi connectivity index (χ4v) is 4.55. The van der Waals surface area contributed by atoms with Gasteiger partial charge in [-0.05, 0) is 6.42 Å². The smallest absolute Gasteiger partial charge is 0.0709 e. The molecule has 0 bridgehead atoms. The van der Waals surface area contributed by atoms with Gasteiger partial charge in [0.25, 0.3) is 0 Å². The molecule has 0 saturated carbocycles. The Bertz CT molecular complexity index is 747. The number of pyridine rings is 1. The SMILES string of the molecule is c1ccc2c(N3CCN(CC4CC5(CNC5)CO4)CC3)cncc2c1. The Morgan fingerprint density at radius 2 is 1.96 bits per heavy atom. The van der Waals surface area contributed by atoms with Crippen molar-refractivity contribution in [1.29, 1.82) is 0 Å². The summed E-state index contributed by atoms with van der Waals surface area (Å²) in [4.78, 5) is 9.50. The van der Waals surface area contributed by atoms with Crippen molar-refractivity contribution in [1.82, 2.24) is 15.2 Å². The quantitative estimate of drug-likeness (QED) is 0.923. The second-order valence-corrected chi connectivity index (χ2v) is 7.91. The van der Waals surface area contributed by atoms with E-state index in [0.29, 0.717) is 11.5 Å². The molecule has 1 unspecified atom stereocenters. The zero-order chi connectivity index (χ0) is 16.7. The molecule has 1 atom stereocenters. The Kier molecular flexibility index (Phi) is 3.88. The van der Waals surface area contributed by atoms with Crippen LogP contribution in [-0.4, -0.2) is 68.4 Å². The maximum Gasteiger partial charge on any atom is 0.0709 e. The predicted molar refractivity (Wildman–Crippen MR) is 100 cm³/mol. The number of fused-ring (bicyclic) bond motifs is 1. The van der Waals surface area contributed by atoms with Crippen LogP contribution in [0.3, 0.4) is 0 Å². The van der Waals surface area contributed by atoms with Gasteiger partial charge in [0.2, 0.25) is 0 Å². The minimum Gasteiger partial charge on any atom is -0.376 e. The summed E-state index contributed by atoms with van der Waals surface area (Å²) in [6.45, 7) is 8.67. The zero-order valence-corrected chi connectivity index (χ0v) is 14.7. The molecule has 3 aliphatic heterocycles. The maximum absolute atomic E-state index is 6.08. The first-order chi connectivity index (χ1) is 12.3. The normalized spacial score (nSPS) is 26.2. The van der Waals surface area contributed by atoms with Crippen LogP contribution in [0.2, 0.25) is 0 Å². The van der Waals surface area contributed by atoms with Gasteiger partial charge in [-0.2, -0.15) is 0 Å². The number of nitrogens with one attached hydrogen (secondary N) is 1. The Hall–Kier alpha value is -1.69. The number of aromatic nitrogens is 1. The van der Waals surface area contributed by atoms with Crippen molar-refractivity contribution in [3.63, 3.8) is 0 Å². The maximum atomic E-state index is 6.08. The van der Waals surface area contributed by atoms with Gasteiger partial charge >= 0.3 is 0 Å². The molecule has 2 aromatic rings. The molecule has 3 saturated heterocycles. The highest BCUT2D eigenvalue weighted by molar-refractivity contribution is 5.93. The topological polar surface area (TPSA) is 40.6 Å². The van der Waals surface area contributed by atoms with Gasteiger partial charge in [0.15, 0.2) is 0 Å². The highest BCUT2D eigenvalue weighted by Crippen LogP contribution is 2.36. The van der Waals surface area contributed by atoms with Crippen molar-refractivity contribution in [2.24, 2.45) is 5.41 Å². The second kappa shape index (κ2) is 6.24. The standard InChI is InChI=1S/C20H26N4O/c1-2-4-18-16(3-1)10-21-11-19(18)24-7-5-23(6-8-24)12-17-9-20(15-25-17)13-22-14-20/h1-4,10-11,17,22H,5-9,12-15H2. The van der Waals surface area contributed by atoms with Crippen LogP contribution in [0.5, 0.6) is 0 Å². The van der Waals surface area contributed by atoms with Gasteiger partial charge in [-0.3, -0.25) is 9.88 Å². The first-order valence-corrected chi connectivity index (χ1v) is 9.44. The van der Waals surface area contributed by atoms with Gasteiger partial charge in [-0.25, -0.2) is 0 Å². The Balaban J connectivity index is 1.21. The van der Waals surface area contributed by atoms with Crippen molar-refractivity contribution < 1.29 is 4.74 Å². The number of rotatable bonds is 3. The molecular formula is C20H26N4O. The van der Waals surface area contributed by atoms with Gasteiger partial charge in [-0.1, -0.05) is 24.3 Å². The molecule has 3 fully saturated rings. The molecule has 1 aromatic carbocycles. The third-order valence-corrected chi connectivity index (χ3v) is 6.11. The summed E-state index contributed by atoms with van der Waals surface area (Å²) < 4.78 is 6.08. The molecule has 3 aliphatic rings. The van der Waals surface area contributed by atoms with Crippen molar-refractivity contribution in [2.45, 2.75) is 12.5 Å². The lowest BCUT2D eigenvalue weighted by Gasteiger charge is -2.39. The zero-order valence-electron chi connectivity index (χ0n) is 14.7. The van der Waals surface area contributed by atoms with E-state index in [4.69, 9.17) is 4.74 Å². The summed E-state index contributed by atoms with van der Waals surface area (Å²) in [5.74, 6) is 0. The summed E-state index contributed by atoms with van der Waals surface area (Å²) >= 11 is 0. The van der Waals surface area contributed by atoms with Crippen LogP contribution in [0, 0.1) is 5.41 Å².